The lowest BCUT2D eigenvalue weighted by atomic mass is 10.2. The van der Waals surface area contributed by atoms with E-state index < -0.39 is 6.09 Å². The number of aliphatic hydroxyl groups is 1. The molecular weight excluding hydrogens is 422 g/mol. The second-order valence-electron chi connectivity index (χ2n) is 7.25. The minimum atomic E-state index is -0.678. The number of carbonyl (C=O) groups excluding carboxylic acids is 1. The number of benzene rings is 2. The molecule has 0 bridgehead atoms. The van der Waals surface area contributed by atoms with E-state index in [9.17, 15) is 9.90 Å². The predicted octanol–water partition coefficient (Wildman–Crippen LogP) is 3.38. The molecule has 4 aromatic rings. The van der Waals surface area contributed by atoms with Gasteiger partial charge in [0, 0.05) is 20.6 Å². The summed E-state index contributed by atoms with van der Waals surface area (Å²) in [5, 5.41) is 9.36. The van der Waals surface area contributed by atoms with Crippen molar-refractivity contribution >= 4 is 40.8 Å². The Hall–Kier alpha value is -4.31. The highest BCUT2D eigenvalue weighted by molar-refractivity contribution is 5.97. The summed E-state index contributed by atoms with van der Waals surface area (Å²) in [5.74, 6) is 0.249. The van der Waals surface area contributed by atoms with Gasteiger partial charge in [0.15, 0.2) is 17.0 Å². The number of anilines is 2. The monoisotopic (exact) mass is 445 g/mol. The Morgan fingerprint density at radius 1 is 1.06 bits per heavy atom. The van der Waals surface area contributed by atoms with E-state index in [-0.39, 0.29) is 25.0 Å². The van der Waals surface area contributed by atoms with Crippen molar-refractivity contribution in [2.24, 2.45) is 4.99 Å². The van der Waals surface area contributed by atoms with E-state index in [1.54, 1.807) is 40.1 Å². The van der Waals surface area contributed by atoms with E-state index in [2.05, 4.69) is 19.9 Å². The second kappa shape index (κ2) is 9.88. The molecule has 10 heteroatoms. The van der Waals surface area contributed by atoms with Gasteiger partial charge in [-0.1, -0.05) is 36.4 Å². The van der Waals surface area contributed by atoms with E-state index in [0.717, 1.165) is 0 Å². The molecule has 0 atom stereocenters. The van der Waals surface area contributed by atoms with Gasteiger partial charge in [-0.05, 0) is 24.3 Å². The van der Waals surface area contributed by atoms with Crippen LogP contribution < -0.4 is 9.64 Å². The quantitative estimate of drug-likeness (QED) is 0.343. The third-order valence-corrected chi connectivity index (χ3v) is 4.57. The first kappa shape index (κ1) is 21.9. The van der Waals surface area contributed by atoms with Crippen molar-refractivity contribution in [3.05, 3.63) is 67.0 Å². The Bertz CT molecular complexity index is 1220. The van der Waals surface area contributed by atoms with Crippen LogP contribution in [0.15, 0.2) is 72.0 Å². The molecule has 0 unspecified atom stereocenters. The fourth-order valence-electron chi connectivity index (χ4n) is 3.12. The van der Waals surface area contributed by atoms with Crippen LogP contribution in [0.3, 0.4) is 0 Å². The zero-order valence-electron chi connectivity index (χ0n) is 18.2. The van der Waals surface area contributed by atoms with Crippen LogP contribution in [0, 0.1) is 0 Å². The Labute approximate surface area is 190 Å². The molecule has 0 saturated carbocycles. The van der Waals surface area contributed by atoms with Crippen molar-refractivity contribution in [1.82, 2.24) is 24.4 Å². The van der Waals surface area contributed by atoms with Crippen LogP contribution in [0.25, 0.3) is 11.2 Å². The van der Waals surface area contributed by atoms with Gasteiger partial charge < -0.3 is 19.3 Å². The predicted molar refractivity (Wildman–Crippen MR) is 125 cm³/mol. The summed E-state index contributed by atoms with van der Waals surface area (Å²) in [7, 11) is 3.65. The number of carbonyl (C=O) groups is 1. The topological polar surface area (TPSA) is 109 Å². The number of hydrogen-bond donors (Lipinski definition) is 1. The first-order valence-electron chi connectivity index (χ1n) is 10.2. The number of aliphatic imine (C=N–C) groups is 1. The number of aromatic nitrogens is 4. The third kappa shape index (κ3) is 4.96. The number of imidazole rings is 1. The summed E-state index contributed by atoms with van der Waals surface area (Å²) < 4.78 is 7.27. The van der Waals surface area contributed by atoms with E-state index in [4.69, 9.17) is 4.74 Å². The average molecular weight is 445 g/mol. The molecule has 33 heavy (non-hydrogen) atoms. The average Bonchev–Trinajstić information content (AvgIpc) is 3.22. The van der Waals surface area contributed by atoms with Crippen molar-refractivity contribution in [2.75, 3.05) is 25.6 Å². The zero-order valence-corrected chi connectivity index (χ0v) is 18.2. The normalized spacial score (nSPS) is 11.1. The molecule has 0 aliphatic carbocycles. The molecule has 4 rings (SSSR count). The summed E-state index contributed by atoms with van der Waals surface area (Å²) in [6, 6.07) is 18.1. The van der Waals surface area contributed by atoms with Gasteiger partial charge >= 0.3 is 12.1 Å². The zero-order chi connectivity index (χ0) is 23.2. The molecule has 0 aliphatic heterocycles. The van der Waals surface area contributed by atoms with Crippen molar-refractivity contribution < 1.29 is 14.6 Å². The van der Waals surface area contributed by atoms with Crippen LogP contribution in [0.1, 0.15) is 0 Å². The Balaban J connectivity index is 1.74. The first-order valence-corrected chi connectivity index (χ1v) is 10.2. The molecule has 1 amide bonds. The summed E-state index contributed by atoms with van der Waals surface area (Å²) in [5.41, 5.74) is 2.10. The molecule has 0 spiro atoms. The highest BCUT2D eigenvalue weighted by Gasteiger charge is 2.23. The fourth-order valence-corrected chi connectivity index (χ4v) is 3.12. The lowest BCUT2D eigenvalue weighted by molar-refractivity contribution is 0.206. The largest absolute Gasteiger partial charge is 0.426 e. The molecule has 2 heterocycles. The summed E-state index contributed by atoms with van der Waals surface area (Å²) in [6.07, 6.45) is 2.43. The highest BCUT2D eigenvalue weighted by Crippen LogP contribution is 2.28. The number of nitrogens with zero attached hydrogens (tertiary/aromatic N) is 7. The maximum atomic E-state index is 13.3. The maximum Gasteiger partial charge on any atom is 0.426 e. The summed E-state index contributed by atoms with van der Waals surface area (Å²) >= 11 is 0. The Morgan fingerprint density at radius 2 is 1.70 bits per heavy atom. The van der Waals surface area contributed by atoms with Gasteiger partial charge in [-0.15, -0.1) is 0 Å². The van der Waals surface area contributed by atoms with E-state index in [1.165, 1.54) is 11.2 Å². The number of ether oxygens (including phenoxy) is 1. The van der Waals surface area contributed by atoms with Crippen LogP contribution >= 0.6 is 0 Å². The van der Waals surface area contributed by atoms with Gasteiger partial charge in [0.1, 0.15) is 0 Å². The smallest absolute Gasteiger partial charge is 0.395 e. The minimum Gasteiger partial charge on any atom is -0.395 e. The summed E-state index contributed by atoms with van der Waals surface area (Å²) in [6.45, 7) is 0.175. The molecular formula is C23H23N7O3. The van der Waals surface area contributed by atoms with Gasteiger partial charge in [0.05, 0.1) is 30.6 Å². The molecule has 0 fully saturated rings. The molecule has 2 aromatic heterocycles. The maximum absolute atomic E-state index is 13.3. The molecule has 0 saturated heterocycles. The van der Waals surface area contributed by atoms with E-state index in [1.807, 2.05) is 50.5 Å². The molecule has 0 radical (unpaired) electrons. The third-order valence-electron chi connectivity index (χ3n) is 4.57. The van der Waals surface area contributed by atoms with Crippen molar-refractivity contribution in [2.45, 2.75) is 6.54 Å². The SMILES string of the molecule is CN(C)/C=N/c1nc(OC(=O)N(c2ccccc2)c2ccccc2)nc2c1ncn2CCO. The lowest BCUT2D eigenvalue weighted by Crippen LogP contribution is -2.29. The fraction of sp³-hybridized carbons (Fsp3) is 0.174. The first-order chi connectivity index (χ1) is 16.1. The molecule has 2 aromatic carbocycles. The standard InChI is InChI=1S/C23H23N7O3/c1-28(2)15-25-20-19-21(29(13-14-31)16-24-19)27-22(26-20)33-23(32)30(17-9-5-3-6-10-17)18-11-7-4-8-12-18/h3-12,15-16,31H,13-14H2,1-2H3/b25-15+. The Morgan fingerprint density at radius 3 is 2.27 bits per heavy atom. The minimum absolute atomic E-state index is 0.101. The number of fused-ring (bicyclic) bond motifs is 1. The van der Waals surface area contributed by atoms with Crippen LogP contribution in [-0.2, 0) is 6.54 Å². The van der Waals surface area contributed by atoms with Crippen molar-refractivity contribution in [1.29, 1.82) is 0 Å². The Kier molecular flexibility index (Phi) is 6.56. The highest BCUT2D eigenvalue weighted by atomic mass is 16.6. The summed E-state index contributed by atoms with van der Waals surface area (Å²) in [4.78, 5) is 33.8. The van der Waals surface area contributed by atoms with Gasteiger partial charge in [-0.3, -0.25) is 0 Å². The van der Waals surface area contributed by atoms with Gasteiger partial charge in [0.2, 0.25) is 0 Å². The molecule has 1 N–H and O–H groups in total. The van der Waals surface area contributed by atoms with Crippen molar-refractivity contribution in [3.63, 3.8) is 0 Å². The van der Waals surface area contributed by atoms with Crippen LogP contribution in [0.2, 0.25) is 0 Å². The lowest BCUT2D eigenvalue weighted by Gasteiger charge is -2.21. The molecule has 0 aliphatic rings. The number of hydrogen-bond acceptors (Lipinski definition) is 7. The van der Waals surface area contributed by atoms with Crippen LogP contribution in [0.5, 0.6) is 6.01 Å². The van der Waals surface area contributed by atoms with E-state index >= 15 is 0 Å². The number of amides is 1. The number of para-hydroxylation sites is 2. The van der Waals surface area contributed by atoms with Crippen LogP contribution in [-0.4, -0.2) is 62.7 Å². The van der Waals surface area contributed by atoms with Gasteiger partial charge in [0.25, 0.3) is 0 Å². The molecule has 168 valence electrons. The van der Waals surface area contributed by atoms with Crippen molar-refractivity contribution in [3.8, 4) is 6.01 Å². The van der Waals surface area contributed by atoms with Gasteiger partial charge in [-0.25, -0.2) is 19.7 Å². The van der Waals surface area contributed by atoms with Gasteiger partial charge in [-0.2, -0.15) is 9.97 Å². The number of rotatable bonds is 7. The number of aliphatic hydroxyl groups excluding tert-OH is 1. The molecule has 10 nitrogen and oxygen atoms in total. The second-order valence-corrected chi connectivity index (χ2v) is 7.25. The van der Waals surface area contributed by atoms with Crippen LogP contribution in [0.4, 0.5) is 22.0 Å². The van der Waals surface area contributed by atoms with E-state index in [0.29, 0.717) is 22.5 Å².